The third kappa shape index (κ3) is 13.4. The number of benzene rings is 2. The molecule has 2 amide bonds. The van der Waals surface area contributed by atoms with Crippen LogP contribution in [0.4, 0.5) is 38.0 Å². The van der Waals surface area contributed by atoms with Gasteiger partial charge in [-0.1, -0.05) is 59.1 Å². The molecular weight excluding hydrogens is 1090 g/mol. The SMILES string of the molecule is Cc1nc2cccc(-c3cc4c([nH]3)[C@@H](C)NC4=O)c2nc1N[C@H]1CCC[C@@H](N)C1.Cc1nc2cccc(-c3cc4c([nH]3)[C@@H](C)NC4=O)c2nc1N[C@H]1CCC[C@@H](NCC(F)(F)F)C1.O=S(=O)(OCC(F)(F)F)C(Cl)(Cl)Cl. The molecule has 0 bridgehead atoms. The second kappa shape index (κ2) is 22.5. The highest BCUT2D eigenvalue weighted by atomic mass is 35.6. The molecule has 0 unspecified atom stereocenters. The summed E-state index contributed by atoms with van der Waals surface area (Å²) >= 11 is 14.4. The summed E-state index contributed by atoms with van der Waals surface area (Å²) in [5, 5.41) is 15.5. The number of amides is 2. The fourth-order valence-corrected chi connectivity index (χ4v) is 10.6. The van der Waals surface area contributed by atoms with Crippen LogP contribution in [0.15, 0.2) is 48.5 Å². The Bertz CT molecular complexity index is 3240. The number of H-pyrrole nitrogens is 2. The minimum absolute atomic E-state index is 0.0101. The molecule has 17 nitrogen and oxygen atoms in total. The van der Waals surface area contributed by atoms with Gasteiger partial charge in [-0.05, 0) is 103 Å². The molecule has 0 spiro atoms. The number of aromatic nitrogens is 6. The molecule has 76 heavy (non-hydrogen) atoms. The lowest BCUT2D eigenvalue weighted by Crippen LogP contribution is -2.42. The fraction of sp³-hybridized carbons (Fsp3) is 0.469. The summed E-state index contributed by atoms with van der Waals surface area (Å²) in [6.45, 7) is 4.77. The first kappa shape index (κ1) is 56.7. The van der Waals surface area contributed by atoms with Crippen molar-refractivity contribution in [3.05, 3.63) is 82.4 Å². The van der Waals surface area contributed by atoms with Crippen LogP contribution in [0.2, 0.25) is 0 Å². The number of anilines is 2. The van der Waals surface area contributed by atoms with Gasteiger partial charge in [0.25, 0.3) is 11.8 Å². The van der Waals surface area contributed by atoms with E-state index in [9.17, 15) is 44.3 Å². The zero-order valence-corrected chi connectivity index (χ0v) is 44.5. The van der Waals surface area contributed by atoms with Gasteiger partial charge in [0.1, 0.15) is 22.7 Å². The third-order valence-electron chi connectivity index (χ3n) is 13.4. The van der Waals surface area contributed by atoms with E-state index >= 15 is 0 Å². The van der Waals surface area contributed by atoms with E-state index < -0.39 is 38.7 Å². The van der Waals surface area contributed by atoms with Gasteiger partial charge in [-0.3, -0.25) is 13.8 Å². The maximum Gasteiger partial charge on any atom is 0.413 e. The molecule has 2 aliphatic carbocycles. The smallest absolute Gasteiger partial charge is 0.366 e. The Labute approximate surface area is 448 Å². The Balaban J connectivity index is 0.000000166. The van der Waals surface area contributed by atoms with Gasteiger partial charge in [0.05, 0.1) is 63.6 Å². The van der Waals surface area contributed by atoms with Gasteiger partial charge in [0, 0.05) is 46.7 Å². The number of nitrogens with zero attached hydrogens (tertiary/aromatic N) is 4. The Kier molecular flexibility index (Phi) is 16.8. The van der Waals surface area contributed by atoms with Crippen molar-refractivity contribution in [2.45, 2.75) is 131 Å². The number of nitrogens with one attached hydrogen (secondary N) is 7. The van der Waals surface area contributed by atoms with Gasteiger partial charge in [-0.15, -0.1) is 0 Å². The van der Waals surface area contributed by atoms with Crippen LogP contribution in [-0.4, -0.2) is 103 Å². The predicted octanol–water partition coefficient (Wildman–Crippen LogP) is 10.3. The molecule has 9 N–H and O–H groups in total. The highest BCUT2D eigenvalue weighted by Crippen LogP contribution is 2.37. The minimum atomic E-state index is -4.85. The first-order chi connectivity index (χ1) is 35.6. The number of aryl methyl sites for hydroxylation is 2. The maximum atomic E-state index is 12.6. The van der Waals surface area contributed by atoms with E-state index in [0.29, 0.717) is 34.9 Å². The molecule has 27 heteroatoms. The van der Waals surface area contributed by atoms with Gasteiger partial charge in [-0.2, -0.15) is 34.8 Å². The van der Waals surface area contributed by atoms with Crippen LogP contribution in [0.3, 0.4) is 0 Å². The fourth-order valence-electron chi connectivity index (χ4n) is 9.75. The number of rotatable bonds is 10. The van der Waals surface area contributed by atoms with E-state index in [1.165, 1.54) is 0 Å². The Morgan fingerprint density at radius 3 is 1.57 bits per heavy atom. The van der Waals surface area contributed by atoms with E-state index in [1.54, 1.807) is 0 Å². The summed E-state index contributed by atoms with van der Waals surface area (Å²) in [5.41, 5.74) is 17.5. The summed E-state index contributed by atoms with van der Waals surface area (Å²) in [5.74, 6) is 1.31. The number of hydrogen-bond acceptors (Lipinski definition) is 13. The van der Waals surface area contributed by atoms with Crippen molar-refractivity contribution >= 4 is 90.4 Å². The van der Waals surface area contributed by atoms with Gasteiger partial charge in [0.15, 0.2) is 6.61 Å². The first-order valence-corrected chi connectivity index (χ1v) is 26.9. The predicted molar refractivity (Wildman–Crippen MR) is 279 cm³/mol. The molecule has 6 heterocycles. The molecular formula is C49H55Cl3F6N12O5S. The van der Waals surface area contributed by atoms with Gasteiger partial charge in [0.2, 0.25) is 0 Å². The topological polar surface area (TPSA) is 247 Å². The molecule has 0 radical (unpaired) electrons. The van der Waals surface area contributed by atoms with Crippen LogP contribution in [-0.2, 0) is 14.3 Å². The second-order valence-electron chi connectivity index (χ2n) is 19.3. The summed E-state index contributed by atoms with van der Waals surface area (Å²) in [7, 11) is -4.85. The van der Waals surface area contributed by atoms with Crippen molar-refractivity contribution in [2.24, 2.45) is 5.73 Å². The van der Waals surface area contributed by atoms with E-state index in [4.69, 9.17) is 60.5 Å². The average molecular weight is 1140 g/mol. The molecule has 6 aromatic rings. The molecule has 10 rings (SSSR count). The largest absolute Gasteiger partial charge is 0.413 e. The molecule has 2 saturated carbocycles. The molecule has 2 aliphatic heterocycles. The number of hydrogen-bond donors (Lipinski definition) is 8. The number of halogens is 9. The standard InChI is InChI=1S/C24H27F3N6O.C22H26N6O.C3H2Cl3F3O3S/c1-12-20-17(23(34)30-12)10-19(32-20)16-7-4-8-18-21(16)33-22(13(2)29-18)31-15-6-3-5-14(9-15)28-11-24(25,26)27;1-11-19-16(22(29)25-11)10-18(27-19)15-7-4-8-17-20(15)28-21(12(2)24-17)26-14-6-3-5-13(23)9-14;4-3(5,6)13(10,11)12-1-2(7,8)9/h4,7-8,10,12,14-15,28,32H,3,5-6,9,11H2,1-2H3,(H,30,34)(H,31,33);4,7-8,10-11,13-14,27H,3,5-6,9,23H2,1-2H3,(H,25,29)(H,26,28);1H2/t12-,14-,15+;11-,13-,14+;/m11./s1. The lowest BCUT2D eigenvalue weighted by molar-refractivity contribution is -0.152. The Hall–Kier alpha value is -5.50. The molecule has 0 saturated heterocycles. The minimum Gasteiger partial charge on any atom is -0.366 e. The number of nitrogens with two attached hydrogens (primary N) is 1. The molecule has 6 atom stereocenters. The van der Waals surface area contributed by atoms with Crippen molar-refractivity contribution in [3.8, 4) is 22.5 Å². The quantitative estimate of drug-likeness (QED) is 0.0362. The normalized spacial score (nSPS) is 21.7. The summed E-state index contributed by atoms with van der Waals surface area (Å²) in [6.07, 6.45) is -1.71. The molecule has 4 aliphatic rings. The summed E-state index contributed by atoms with van der Waals surface area (Å²) < 4.78 is 93.8. The van der Waals surface area contributed by atoms with E-state index in [-0.39, 0.29) is 42.0 Å². The highest BCUT2D eigenvalue weighted by Gasteiger charge is 2.42. The third-order valence-corrected chi connectivity index (χ3v) is 16.1. The molecule has 2 aromatic carbocycles. The Morgan fingerprint density at radius 1 is 0.671 bits per heavy atom. The first-order valence-electron chi connectivity index (χ1n) is 24.4. The van der Waals surface area contributed by atoms with Crippen molar-refractivity contribution in [1.82, 2.24) is 45.9 Å². The monoisotopic (exact) mass is 1140 g/mol. The van der Waals surface area contributed by atoms with Crippen LogP contribution in [0.5, 0.6) is 0 Å². The number of para-hydroxylation sites is 2. The lowest BCUT2D eigenvalue weighted by Gasteiger charge is -2.31. The lowest BCUT2D eigenvalue weighted by atomic mass is 9.91. The number of alkyl halides is 9. The molecule has 4 aromatic heterocycles. The highest BCUT2D eigenvalue weighted by molar-refractivity contribution is 7.92. The number of aromatic amines is 2. The van der Waals surface area contributed by atoms with Crippen molar-refractivity contribution in [1.29, 1.82) is 0 Å². The average Bonchev–Trinajstić information content (AvgIpc) is 4.13. The second-order valence-corrected chi connectivity index (χ2v) is 24.0. The van der Waals surface area contributed by atoms with Gasteiger partial charge >= 0.3 is 25.6 Å². The number of carbonyl (C=O) groups excluding carboxylic acids is 2. The van der Waals surface area contributed by atoms with Gasteiger partial charge in [-0.25, -0.2) is 19.9 Å². The van der Waals surface area contributed by atoms with Crippen LogP contribution in [0.25, 0.3) is 44.6 Å². The zero-order chi connectivity index (χ0) is 55.1. The summed E-state index contributed by atoms with van der Waals surface area (Å²) in [4.78, 5) is 50.5. The zero-order valence-electron chi connectivity index (χ0n) is 41.4. The maximum absolute atomic E-state index is 12.6. The van der Waals surface area contributed by atoms with E-state index in [1.807, 2.05) is 76.2 Å². The van der Waals surface area contributed by atoms with Crippen molar-refractivity contribution in [2.75, 3.05) is 23.8 Å². The van der Waals surface area contributed by atoms with Crippen molar-refractivity contribution < 1.29 is 48.5 Å². The molecule has 410 valence electrons. The number of carbonyl (C=O) groups is 2. The molecule has 2 fully saturated rings. The van der Waals surface area contributed by atoms with Crippen molar-refractivity contribution in [3.63, 3.8) is 0 Å². The van der Waals surface area contributed by atoms with Crippen LogP contribution in [0, 0.1) is 13.8 Å². The van der Waals surface area contributed by atoms with Crippen LogP contribution < -0.4 is 32.3 Å². The van der Waals surface area contributed by atoms with Crippen LogP contribution >= 0.6 is 34.8 Å². The summed E-state index contributed by atoms with van der Waals surface area (Å²) in [6, 6.07) is 15.8. The van der Waals surface area contributed by atoms with E-state index in [0.717, 1.165) is 113 Å². The number of fused-ring (bicyclic) bond motifs is 4. The van der Waals surface area contributed by atoms with Gasteiger partial charge < -0.3 is 42.3 Å². The van der Waals surface area contributed by atoms with E-state index in [2.05, 4.69) is 40.7 Å². The Morgan fingerprint density at radius 2 is 1.13 bits per heavy atom. The van der Waals surface area contributed by atoms with Crippen LogP contribution in [0.1, 0.15) is 121 Å².